The molecule has 3 heterocycles. The summed E-state index contributed by atoms with van der Waals surface area (Å²) in [5.41, 5.74) is 6.29. The normalized spacial score (nSPS) is 14.9. The second kappa shape index (κ2) is 7.04. The van der Waals surface area contributed by atoms with Crippen molar-refractivity contribution in [1.29, 1.82) is 5.26 Å². The number of nitrogens with zero attached hydrogens (tertiary/aromatic N) is 3. The second-order valence-electron chi connectivity index (χ2n) is 8.42. The molecular formula is C22H20BrF3N4O2. The van der Waals surface area contributed by atoms with Crippen LogP contribution in [0.25, 0.3) is 16.6 Å². The highest BCUT2D eigenvalue weighted by molar-refractivity contribution is 9.10. The van der Waals surface area contributed by atoms with E-state index in [1.165, 1.54) is 11.7 Å². The lowest BCUT2D eigenvalue weighted by Gasteiger charge is -2.20. The summed E-state index contributed by atoms with van der Waals surface area (Å²) in [6, 6.07) is 3.64. The minimum Gasteiger partial charge on any atom is -0.495 e. The number of nitrogen functional groups attached to an aromatic ring is 1. The van der Waals surface area contributed by atoms with Crippen LogP contribution in [0.2, 0.25) is 0 Å². The third-order valence-corrected chi connectivity index (χ3v) is 6.34. The van der Waals surface area contributed by atoms with Crippen LogP contribution in [0, 0.1) is 25.2 Å². The molecular weight excluding hydrogens is 489 g/mol. The number of methoxy groups -OCH3 is 1. The van der Waals surface area contributed by atoms with E-state index in [9.17, 15) is 18.4 Å². The summed E-state index contributed by atoms with van der Waals surface area (Å²) in [4.78, 5) is 3.95. The molecule has 1 aliphatic heterocycles. The quantitative estimate of drug-likeness (QED) is 0.489. The molecule has 4 rings (SSSR count). The first-order chi connectivity index (χ1) is 14.8. The fourth-order valence-electron chi connectivity index (χ4n) is 4.33. The second-order valence-corrected chi connectivity index (χ2v) is 9.28. The maximum Gasteiger partial charge on any atom is 0.434 e. The lowest BCUT2D eigenvalue weighted by molar-refractivity contribution is -0.139. The smallest absolute Gasteiger partial charge is 0.434 e. The molecule has 2 N–H and O–H groups in total. The average Bonchev–Trinajstić information content (AvgIpc) is 3.14. The van der Waals surface area contributed by atoms with Crippen molar-refractivity contribution in [2.24, 2.45) is 0 Å². The number of anilines is 1. The summed E-state index contributed by atoms with van der Waals surface area (Å²) in [7, 11) is 1.50. The maximum absolute atomic E-state index is 14.1. The summed E-state index contributed by atoms with van der Waals surface area (Å²) in [6.45, 7) is 7.26. The number of hydrogen-bond donors (Lipinski definition) is 1. The van der Waals surface area contributed by atoms with Gasteiger partial charge in [0.1, 0.15) is 28.7 Å². The van der Waals surface area contributed by atoms with E-state index in [4.69, 9.17) is 15.2 Å². The third-order valence-electron chi connectivity index (χ3n) is 5.75. The van der Waals surface area contributed by atoms with Gasteiger partial charge in [-0.05, 0) is 41.4 Å². The molecule has 0 saturated heterocycles. The van der Waals surface area contributed by atoms with Crippen molar-refractivity contribution < 1.29 is 22.6 Å². The number of hydrogen-bond acceptors (Lipinski definition) is 5. The highest BCUT2D eigenvalue weighted by atomic mass is 79.9. The summed E-state index contributed by atoms with van der Waals surface area (Å²) in [5, 5.41) is 9.42. The van der Waals surface area contributed by atoms with Crippen molar-refractivity contribution in [3.63, 3.8) is 0 Å². The summed E-state index contributed by atoms with van der Waals surface area (Å²) < 4.78 is 55.9. The molecule has 0 spiro atoms. The van der Waals surface area contributed by atoms with Gasteiger partial charge in [0.05, 0.1) is 35.0 Å². The molecule has 2 aromatic heterocycles. The zero-order chi connectivity index (χ0) is 23.7. The van der Waals surface area contributed by atoms with E-state index in [1.54, 1.807) is 33.8 Å². The summed E-state index contributed by atoms with van der Waals surface area (Å²) >= 11 is 3.45. The topological polar surface area (TPSA) is 86.1 Å². The Morgan fingerprint density at radius 1 is 1.34 bits per heavy atom. The number of aromatic nitrogens is 2. The van der Waals surface area contributed by atoms with Crippen LogP contribution in [0.1, 0.15) is 41.9 Å². The molecule has 0 unspecified atom stereocenters. The Morgan fingerprint density at radius 3 is 2.56 bits per heavy atom. The van der Waals surface area contributed by atoms with Crippen molar-refractivity contribution >= 4 is 32.7 Å². The Bertz CT molecular complexity index is 1340. The molecule has 0 atom stereocenters. The molecule has 0 aliphatic carbocycles. The minimum atomic E-state index is -4.79. The van der Waals surface area contributed by atoms with Crippen LogP contribution in [0.15, 0.2) is 10.5 Å². The van der Waals surface area contributed by atoms with Crippen LogP contribution >= 0.6 is 15.9 Å². The van der Waals surface area contributed by atoms with Gasteiger partial charge in [0.2, 0.25) is 0 Å². The molecule has 0 bridgehead atoms. The van der Waals surface area contributed by atoms with Gasteiger partial charge in [-0.2, -0.15) is 18.4 Å². The molecule has 1 aliphatic rings. The number of rotatable bonds is 2. The summed E-state index contributed by atoms with van der Waals surface area (Å²) in [6.07, 6.45) is -4.79. The molecule has 168 valence electrons. The Morgan fingerprint density at radius 2 is 2.00 bits per heavy atom. The number of nitrogens with two attached hydrogens (primary N) is 1. The molecule has 3 aromatic rings. The first-order valence-corrected chi connectivity index (χ1v) is 10.5. The van der Waals surface area contributed by atoms with Gasteiger partial charge < -0.3 is 15.2 Å². The number of aryl methyl sites for hydroxylation is 1. The molecule has 1 aromatic carbocycles. The van der Waals surface area contributed by atoms with Gasteiger partial charge in [-0.3, -0.25) is 4.57 Å². The number of pyridine rings is 1. The van der Waals surface area contributed by atoms with E-state index >= 15 is 0 Å². The van der Waals surface area contributed by atoms with Gasteiger partial charge in [-0.15, -0.1) is 0 Å². The van der Waals surface area contributed by atoms with Gasteiger partial charge in [-0.25, -0.2) is 4.98 Å². The predicted molar refractivity (Wildman–Crippen MR) is 117 cm³/mol. The Kier molecular flexibility index (Phi) is 4.90. The van der Waals surface area contributed by atoms with Crippen LogP contribution in [0.5, 0.6) is 11.5 Å². The zero-order valence-corrected chi connectivity index (χ0v) is 19.6. The SMILES string of the molecule is COc1c(Br)cc(C)c(-n2c(N)c(C#N)c3c(C(F)(F)F)nc4c(c32)OCC4(C)C)c1C. The molecule has 6 nitrogen and oxygen atoms in total. The first kappa shape index (κ1) is 22.3. The van der Waals surface area contributed by atoms with Crippen LogP contribution in [-0.2, 0) is 11.6 Å². The van der Waals surface area contributed by atoms with E-state index in [1.807, 2.05) is 6.07 Å². The standard InChI is InChI=1S/C22H20BrF3N4O2/c1-9-6-12(23)16(31-5)10(2)14(9)30-15-13(11(7-27)20(30)28)18(22(24,25)26)29-19-17(15)32-8-21(19,3)4/h6H,8,28H2,1-5H3. The predicted octanol–water partition coefficient (Wildman–Crippen LogP) is 5.56. The molecule has 32 heavy (non-hydrogen) atoms. The van der Waals surface area contributed by atoms with E-state index in [2.05, 4.69) is 20.9 Å². The third kappa shape index (κ3) is 2.94. The van der Waals surface area contributed by atoms with Crippen LogP contribution in [0.3, 0.4) is 0 Å². The largest absolute Gasteiger partial charge is 0.495 e. The van der Waals surface area contributed by atoms with E-state index in [0.717, 1.165) is 5.56 Å². The fourth-order valence-corrected chi connectivity index (χ4v) is 5.14. The first-order valence-electron chi connectivity index (χ1n) is 9.67. The average molecular weight is 509 g/mol. The Hall–Kier alpha value is -2.93. The lowest BCUT2D eigenvalue weighted by Crippen LogP contribution is -2.21. The molecule has 10 heteroatoms. The highest BCUT2D eigenvalue weighted by Gasteiger charge is 2.44. The molecule has 0 amide bonds. The van der Waals surface area contributed by atoms with Crippen molar-refractivity contribution in [2.45, 2.75) is 39.3 Å². The Balaban J connectivity index is 2.30. The van der Waals surface area contributed by atoms with E-state index in [-0.39, 0.29) is 40.3 Å². The lowest BCUT2D eigenvalue weighted by atomic mass is 9.90. The molecule has 0 radical (unpaired) electrons. The minimum absolute atomic E-state index is 0.0810. The van der Waals surface area contributed by atoms with Gasteiger partial charge in [0.15, 0.2) is 11.4 Å². The van der Waals surface area contributed by atoms with Crippen LogP contribution < -0.4 is 15.2 Å². The number of benzene rings is 1. The number of alkyl halides is 3. The van der Waals surface area contributed by atoms with Gasteiger partial charge in [0.25, 0.3) is 0 Å². The highest BCUT2D eigenvalue weighted by Crippen LogP contribution is 2.50. The van der Waals surface area contributed by atoms with Crippen molar-refractivity contribution in [3.8, 4) is 23.3 Å². The van der Waals surface area contributed by atoms with Gasteiger partial charge >= 0.3 is 6.18 Å². The fraction of sp³-hybridized carbons (Fsp3) is 0.364. The Labute approximate surface area is 190 Å². The van der Waals surface area contributed by atoms with Crippen molar-refractivity contribution in [3.05, 3.63) is 38.6 Å². The van der Waals surface area contributed by atoms with E-state index in [0.29, 0.717) is 21.5 Å². The van der Waals surface area contributed by atoms with Crippen molar-refractivity contribution in [2.75, 3.05) is 19.5 Å². The molecule has 0 saturated carbocycles. The monoisotopic (exact) mass is 508 g/mol. The van der Waals surface area contributed by atoms with Gasteiger partial charge in [-0.1, -0.05) is 13.8 Å². The van der Waals surface area contributed by atoms with Gasteiger partial charge in [0, 0.05) is 11.0 Å². The number of ether oxygens (including phenoxy) is 2. The molecule has 0 fully saturated rings. The number of fused-ring (bicyclic) bond motifs is 3. The van der Waals surface area contributed by atoms with Crippen molar-refractivity contribution in [1.82, 2.24) is 9.55 Å². The van der Waals surface area contributed by atoms with E-state index < -0.39 is 17.3 Å². The number of nitriles is 1. The number of halogens is 4. The summed E-state index contributed by atoms with van der Waals surface area (Å²) in [5.74, 6) is 0.590. The van der Waals surface area contributed by atoms with Crippen LogP contribution in [0.4, 0.5) is 19.0 Å². The van der Waals surface area contributed by atoms with Crippen LogP contribution in [-0.4, -0.2) is 23.3 Å². The zero-order valence-electron chi connectivity index (χ0n) is 18.0. The maximum atomic E-state index is 14.1.